The molecule has 0 aromatic heterocycles. The first-order chi connectivity index (χ1) is 6.41. The fourth-order valence-electron chi connectivity index (χ4n) is 1.94. The summed E-state index contributed by atoms with van der Waals surface area (Å²) in [5.74, 6) is 0. The molecule has 0 saturated carbocycles. The SMILES string of the molecule is C[C@H]1CCCN1CCN(C)C(C)(C)C. The Morgan fingerprint density at radius 1 is 1.36 bits per heavy atom. The molecule has 0 spiro atoms. The third-order valence-corrected chi connectivity index (χ3v) is 3.56. The highest BCUT2D eigenvalue weighted by atomic mass is 15.2. The predicted molar refractivity (Wildman–Crippen MR) is 62.7 cm³/mol. The molecule has 1 rings (SSSR count). The fourth-order valence-corrected chi connectivity index (χ4v) is 1.94. The molecule has 0 aliphatic carbocycles. The van der Waals surface area contributed by atoms with Crippen LogP contribution in [0.25, 0.3) is 0 Å². The molecule has 0 unspecified atom stereocenters. The number of hydrogen-bond donors (Lipinski definition) is 0. The van der Waals surface area contributed by atoms with E-state index in [1.807, 2.05) is 0 Å². The molecule has 14 heavy (non-hydrogen) atoms. The minimum absolute atomic E-state index is 0.308. The summed E-state index contributed by atoms with van der Waals surface area (Å²) in [5.41, 5.74) is 0.308. The van der Waals surface area contributed by atoms with Crippen LogP contribution in [0.15, 0.2) is 0 Å². The zero-order valence-electron chi connectivity index (χ0n) is 10.5. The molecule has 0 radical (unpaired) electrons. The lowest BCUT2D eigenvalue weighted by Crippen LogP contribution is -2.43. The fraction of sp³-hybridized carbons (Fsp3) is 1.00. The molecule has 1 heterocycles. The monoisotopic (exact) mass is 198 g/mol. The summed E-state index contributed by atoms with van der Waals surface area (Å²) in [6, 6.07) is 0.809. The average molecular weight is 198 g/mol. The van der Waals surface area contributed by atoms with Crippen molar-refractivity contribution < 1.29 is 0 Å². The van der Waals surface area contributed by atoms with E-state index in [9.17, 15) is 0 Å². The molecule has 0 N–H and O–H groups in total. The first-order valence-electron chi connectivity index (χ1n) is 5.86. The van der Waals surface area contributed by atoms with Gasteiger partial charge in [0.25, 0.3) is 0 Å². The standard InChI is InChI=1S/C12H26N2/c1-11-7-6-8-14(11)10-9-13(5)12(2,3)4/h11H,6-10H2,1-5H3/t11-/m0/s1. The quantitative estimate of drug-likeness (QED) is 0.686. The van der Waals surface area contributed by atoms with E-state index in [2.05, 4.69) is 44.5 Å². The lowest BCUT2D eigenvalue weighted by molar-refractivity contribution is 0.143. The van der Waals surface area contributed by atoms with Crippen molar-refractivity contribution in [2.75, 3.05) is 26.7 Å². The normalized spacial score (nSPS) is 24.9. The van der Waals surface area contributed by atoms with Gasteiger partial charge in [-0.3, -0.25) is 4.90 Å². The maximum atomic E-state index is 2.61. The summed E-state index contributed by atoms with van der Waals surface area (Å²) in [6.45, 7) is 12.9. The number of likely N-dealkylation sites (tertiary alicyclic amines) is 1. The summed E-state index contributed by atoms with van der Waals surface area (Å²) < 4.78 is 0. The smallest absolute Gasteiger partial charge is 0.0122 e. The molecule has 0 aromatic rings. The minimum Gasteiger partial charge on any atom is -0.300 e. The largest absolute Gasteiger partial charge is 0.300 e. The predicted octanol–water partition coefficient (Wildman–Crippen LogP) is 2.20. The minimum atomic E-state index is 0.308. The van der Waals surface area contributed by atoms with Gasteiger partial charge in [-0.1, -0.05) is 0 Å². The van der Waals surface area contributed by atoms with E-state index in [1.165, 1.54) is 32.5 Å². The van der Waals surface area contributed by atoms with Crippen molar-refractivity contribution in [3.05, 3.63) is 0 Å². The summed E-state index contributed by atoms with van der Waals surface area (Å²) in [5, 5.41) is 0. The van der Waals surface area contributed by atoms with Crippen molar-refractivity contribution in [1.82, 2.24) is 9.80 Å². The van der Waals surface area contributed by atoms with Gasteiger partial charge in [0.15, 0.2) is 0 Å². The van der Waals surface area contributed by atoms with Crippen LogP contribution < -0.4 is 0 Å². The van der Waals surface area contributed by atoms with Crippen LogP contribution in [0.2, 0.25) is 0 Å². The third kappa shape index (κ3) is 3.25. The zero-order valence-corrected chi connectivity index (χ0v) is 10.5. The molecule has 2 nitrogen and oxygen atoms in total. The van der Waals surface area contributed by atoms with Crippen molar-refractivity contribution in [3.63, 3.8) is 0 Å². The van der Waals surface area contributed by atoms with Gasteiger partial charge in [-0.15, -0.1) is 0 Å². The van der Waals surface area contributed by atoms with Crippen LogP contribution in [-0.4, -0.2) is 48.1 Å². The van der Waals surface area contributed by atoms with Gasteiger partial charge in [-0.05, 0) is 54.1 Å². The van der Waals surface area contributed by atoms with Crippen molar-refractivity contribution in [2.45, 2.75) is 52.1 Å². The highest BCUT2D eigenvalue weighted by Crippen LogP contribution is 2.17. The molecule has 84 valence electrons. The van der Waals surface area contributed by atoms with Crippen molar-refractivity contribution in [2.24, 2.45) is 0 Å². The number of nitrogens with zero attached hydrogens (tertiary/aromatic N) is 2. The molecule has 1 aliphatic heterocycles. The van der Waals surface area contributed by atoms with Crippen LogP contribution in [0, 0.1) is 0 Å². The van der Waals surface area contributed by atoms with Crippen LogP contribution in [-0.2, 0) is 0 Å². The van der Waals surface area contributed by atoms with Gasteiger partial charge in [0.2, 0.25) is 0 Å². The maximum absolute atomic E-state index is 2.61. The molecule has 0 bridgehead atoms. The van der Waals surface area contributed by atoms with Gasteiger partial charge in [0, 0.05) is 24.7 Å². The molecule has 0 amide bonds. The molecule has 1 fully saturated rings. The Kier molecular flexibility index (Phi) is 3.96. The second-order valence-electron chi connectivity index (χ2n) is 5.62. The van der Waals surface area contributed by atoms with E-state index in [-0.39, 0.29) is 0 Å². The summed E-state index contributed by atoms with van der Waals surface area (Å²) in [7, 11) is 2.22. The van der Waals surface area contributed by atoms with Crippen molar-refractivity contribution in [3.8, 4) is 0 Å². The van der Waals surface area contributed by atoms with E-state index >= 15 is 0 Å². The molecule has 2 heteroatoms. The first-order valence-corrected chi connectivity index (χ1v) is 5.86. The summed E-state index contributed by atoms with van der Waals surface area (Å²) in [6.07, 6.45) is 2.78. The van der Waals surface area contributed by atoms with Crippen LogP contribution in [0.3, 0.4) is 0 Å². The van der Waals surface area contributed by atoms with Crippen LogP contribution in [0.5, 0.6) is 0 Å². The molecular weight excluding hydrogens is 172 g/mol. The summed E-state index contributed by atoms with van der Waals surface area (Å²) in [4.78, 5) is 5.06. The Labute approximate surface area is 89.3 Å². The van der Waals surface area contributed by atoms with Gasteiger partial charge < -0.3 is 4.90 Å². The van der Waals surface area contributed by atoms with Crippen molar-refractivity contribution >= 4 is 0 Å². The van der Waals surface area contributed by atoms with E-state index in [0.717, 1.165) is 6.04 Å². The number of likely N-dealkylation sites (N-methyl/N-ethyl adjacent to an activating group) is 1. The molecule has 1 aliphatic rings. The average Bonchev–Trinajstić information content (AvgIpc) is 2.45. The van der Waals surface area contributed by atoms with E-state index in [0.29, 0.717) is 5.54 Å². The van der Waals surface area contributed by atoms with Crippen molar-refractivity contribution in [1.29, 1.82) is 0 Å². The van der Waals surface area contributed by atoms with Gasteiger partial charge >= 0.3 is 0 Å². The van der Waals surface area contributed by atoms with Crippen LogP contribution in [0.4, 0.5) is 0 Å². The van der Waals surface area contributed by atoms with E-state index in [1.54, 1.807) is 0 Å². The lowest BCUT2D eigenvalue weighted by atomic mass is 10.1. The zero-order chi connectivity index (χ0) is 10.8. The molecular formula is C12H26N2. The lowest BCUT2D eigenvalue weighted by Gasteiger charge is -2.34. The first kappa shape index (κ1) is 12.0. The second-order valence-corrected chi connectivity index (χ2v) is 5.62. The van der Waals surface area contributed by atoms with Crippen LogP contribution in [0.1, 0.15) is 40.5 Å². The van der Waals surface area contributed by atoms with Gasteiger partial charge in [-0.2, -0.15) is 0 Å². The third-order valence-electron chi connectivity index (χ3n) is 3.56. The second kappa shape index (κ2) is 4.63. The highest BCUT2D eigenvalue weighted by molar-refractivity contribution is 4.78. The molecule has 0 aromatic carbocycles. The van der Waals surface area contributed by atoms with Crippen LogP contribution >= 0.6 is 0 Å². The molecule has 1 atom stereocenters. The number of rotatable bonds is 3. The van der Waals surface area contributed by atoms with E-state index in [4.69, 9.17) is 0 Å². The van der Waals surface area contributed by atoms with E-state index < -0.39 is 0 Å². The Balaban J connectivity index is 2.26. The summed E-state index contributed by atoms with van der Waals surface area (Å²) >= 11 is 0. The van der Waals surface area contributed by atoms with Gasteiger partial charge in [0.05, 0.1) is 0 Å². The molecule has 1 saturated heterocycles. The van der Waals surface area contributed by atoms with Gasteiger partial charge in [0.1, 0.15) is 0 Å². The Bertz CT molecular complexity index is 170. The maximum Gasteiger partial charge on any atom is 0.0122 e. The highest BCUT2D eigenvalue weighted by Gasteiger charge is 2.22. The Morgan fingerprint density at radius 3 is 2.43 bits per heavy atom. The Hall–Kier alpha value is -0.0800. The topological polar surface area (TPSA) is 6.48 Å². The number of hydrogen-bond acceptors (Lipinski definition) is 2. The van der Waals surface area contributed by atoms with Gasteiger partial charge in [-0.25, -0.2) is 0 Å². The Morgan fingerprint density at radius 2 is 2.00 bits per heavy atom.